The third-order valence-electron chi connectivity index (χ3n) is 4.32. The Labute approximate surface area is 154 Å². The maximum atomic E-state index is 12.3. The number of fused-ring (bicyclic) bond motifs is 1. The van der Waals surface area contributed by atoms with Crippen molar-refractivity contribution in [3.8, 4) is 0 Å². The van der Waals surface area contributed by atoms with Crippen LogP contribution in [0.1, 0.15) is 38.6 Å². The number of nitrogens with two attached hydrogens (primary N) is 1. The number of rotatable bonds is 3. The van der Waals surface area contributed by atoms with Gasteiger partial charge in [0.2, 0.25) is 5.89 Å². The molecule has 0 aliphatic carbocycles. The van der Waals surface area contributed by atoms with Gasteiger partial charge in [0.05, 0.1) is 6.54 Å². The zero-order chi connectivity index (χ0) is 18.7. The second-order valence-corrected chi connectivity index (χ2v) is 7.71. The Morgan fingerprint density at radius 2 is 2.08 bits per heavy atom. The van der Waals surface area contributed by atoms with Crippen molar-refractivity contribution < 1.29 is 13.9 Å². The fourth-order valence-electron chi connectivity index (χ4n) is 3.10. The van der Waals surface area contributed by atoms with Gasteiger partial charge in [-0.1, -0.05) is 6.07 Å². The fourth-order valence-corrected chi connectivity index (χ4v) is 3.10. The molecule has 1 aromatic carbocycles. The lowest BCUT2D eigenvalue weighted by molar-refractivity contribution is 0.0257. The summed E-state index contributed by atoms with van der Waals surface area (Å²) in [5.74, 6) is 0.555. The summed E-state index contributed by atoms with van der Waals surface area (Å²) in [7, 11) is 0. The Hall–Kier alpha value is -2.12. The lowest BCUT2D eigenvalue weighted by atomic mass is 10.2. The van der Waals surface area contributed by atoms with E-state index in [9.17, 15) is 4.79 Å². The summed E-state index contributed by atoms with van der Waals surface area (Å²) in [6, 6.07) is 6.06. The summed E-state index contributed by atoms with van der Waals surface area (Å²) in [4.78, 5) is 20.8. The number of hydrogen-bond acceptors (Lipinski definition) is 6. The maximum absolute atomic E-state index is 12.3. The van der Waals surface area contributed by atoms with Gasteiger partial charge >= 0.3 is 6.09 Å². The van der Waals surface area contributed by atoms with Gasteiger partial charge in [0.1, 0.15) is 11.1 Å². The molecule has 0 unspecified atom stereocenters. The van der Waals surface area contributed by atoms with Crippen LogP contribution in [0.5, 0.6) is 0 Å². The average Bonchev–Trinajstić information content (AvgIpc) is 2.83. The van der Waals surface area contributed by atoms with Crippen molar-refractivity contribution in [2.75, 3.05) is 26.2 Å². The van der Waals surface area contributed by atoms with E-state index in [4.69, 9.17) is 14.9 Å². The molecular weight excluding hydrogens is 332 g/mol. The van der Waals surface area contributed by atoms with Crippen LogP contribution in [0.2, 0.25) is 0 Å². The van der Waals surface area contributed by atoms with Gasteiger partial charge in [-0.05, 0) is 44.9 Å². The van der Waals surface area contributed by atoms with Crippen LogP contribution in [-0.4, -0.2) is 52.7 Å². The van der Waals surface area contributed by atoms with Gasteiger partial charge in [-0.3, -0.25) is 4.90 Å². The monoisotopic (exact) mass is 360 g/mol. The Morgan fingerprint density at radius 1 is 1.27 bits per heavy atom. The van der Waals surface area contributed by atoms with E-state index in [1.165, 1.54) is 5.56 Å². The van der Waals surface area contributed by atoms with Crippen LogP contribution in [0.4, 0.5) is 4.79 Å². The zero-order valence-electron chi connectivity index (χ0n) is 15.8. The number of hydrogen-bond donors (Lipinski definition) is 1. The van der Waals surface area contributed by atoms with Crippen LogP contribution in [0, 0.1) is 0 Å². The van der Waals surface area contributed by atoms with Crippen LogP contribution in [0.3, 0.4) is 0 Å². The van der Waals surface area contributed by atoms with Crippen molar-refractivity contribution in [3.05, 3.63) is 29.7 Å². The van der Waals surface area contributed by atoms with Crippen LogP contribution in [-0.2, 0) is 17.8 Å². The molecule has 142 valence electrons. The Balaban J connectivity index is 1.60. The number of nitrogens with zero attached hydrogens (tertiary/aromatic N) is 3. The molecule has 1 fully saturated rings. The van der Waals surface area contributed by atoms with Gasteiger partial charge < -0.3 is 19.8 Å². The molecule has 0 bridgehead atoms. The van der Waals surface area contributed by atoms with Crippen molar-refractivity contribution in [2.45, 2.75) is 45.9 Å². The van der Waals surface area contributed by atoms with Crippen LogP contribution >= 0.6 is 0 Å². The number of oxazole rings is 1. The number of benzene rings is 1. The molecule has 0 atom stereocenters. The minimum atomic E-state index is -0.460. The Kier molecular flexibility index (Phi) is 5.48. The summed E-state index contributed by atoms with van der Waals surface area (Å²) in [6.45, 7) is 9.99. The van der Waals surface area contributed by atoms with E-state index in [1.54, 1.807) is 4.90 Å². The van der Waals surface area contributed by atoms with E-state index in [2.05, 4.69) is 22.0 Å². The molecule has 1 aliphatic heterocycles. The minimum absolute atomic E-state index is 0.224. The average molecular weight is 360 g/mol. The summed E-state index contributed by atoms with van der Waals surface area (Å²) in [5.41, 5.74) is 7.91. The Morgan fingerprint density at radius 3 is 2.81 bits per heavy atom. The number of ether oxygens (including phenoxy) is 1. The fraction of sp³-hybridized carbons (Fsp3) is 0.579. The van der Waals surface area contributed by atoms with Crippen molar-refractivity contribution in [1.29, 1.82) is 0 Å². The highest BCUT2D eigenvalue weighted by Crippen LogP contribution is 2.19. The van der Waals surface area contributed by atoms with E-state index in [0.717, 1.165) is 43.7 Å². The standard InChI is InChI=1S/C19H28N4O3/c1-19(2,3)26-18(24)23-8-4-7-22(9-10-23)13-14-5-6-16-15(11-14)21-17(12-20)25-16/h5-6,11H,4,7-10,12-13,20H2,1-3H3. The molecule has 1 aromatic heterocycles. The normalized spacial score (nSPS) is 16.7. The summed E-state index contributed by atoms with van der Waals surface area (Å²) < 4.78 is 11.0. The Bertz CT molecular complexity index is 766. The topological polar surface area (TPSA) is 84.8 Å². The minimum Gasteiger partial charge on any atom is -0.444 e. The highest BCUT2D eigenvalue weighted by Gasteiger charge is 2.24. The molecule has 0 spiro atoms. The largest absolute Gasteiger partial charge is 0.444 e. The third-order valence-corrected chi connectivity index (χ3v) is 4.32. The molecule has 26 heavy (non-hydrogen) atoms. The SMILES string of the molecule is CC(C)(C)OC(=O)N1CCCN(Cc2ccc3oc(CN)nc3c2)CC1. The second-order valence-electron chi connectivity index (χ2n) is 7.71. The zero-order valence-corrected chi connectivity index (χ0v) is 15.8. The maximum Gasteiger partial charge on any atom is 0.410 e. The van der Waals surface area contributed by atoms with Gasteiger partial charge in [-0.15, -0.1) is 0 Å². The van der Waals surface area contributed by atoms with E-state index in [1.807, 2.05) is 26.8 Å². The van der Waals surface area contributed by atoms with Crippen LogP contribution in [0.15, 0.2) is 22.6 Å². The molecule has 1 amide bonds. The summed E-state index contributed by atoms with van der Waals surface area (Å²) in [6.07, 6.45) is 0.709. The second kappa shape index (κ2) is 7.63. The summed E-state index contributed by atoms with van der Waals surface area (Å²) in [5, 5.41) is 0. The number of aromatic nitrogens is 1. The van der Waals surface area contributed by atoms with E-state index < -0.39 is 5.60 Å². The first-order chi connectivity index (χ1) is 12.3. The van der Waals surface area contributed by atoms with Crippen molar-refractivity contribution >= 4 is 17.2 Å². The lowest BCUT2D eigenvalue weighted by Crippen LogP contribution is -2.39. The van der Waals surface area contributed by atoms with Gasteiger partial charge in [0.15, 0.2) is 5.58 Å². The number of carbonyl (C=O) groups is 1. The van der Waals surface area contributed by atoms with E-state index in [0.29, 0.717) is 19.0 Å². The molecule has 0 radical (unpaired) electrons. The molecule has 3 rings (SSSR count). The predicted molar refractivity (Wildman–Crippen MR) is 99.6 cm³/mol. The number of carbonyl (C=O) groups excluding carboxylic acids is 1. The van der Waals surface area contributed by atoms with Gasteiger partial charge in [0.25, 0.3) is 0 Å². The lowest BCUT2D eigenvalue weighted by Gasteiger charge is -2.26. The first kappa shape index (κ1) is 18.7. The molecule has 0 saturated carbocycles. The van der Waals surface area contributed by atoms with Gasteiger partial charge in [-0.2, -0.15) is 0 Å². The third kappa shape index (κ3) is 4.74. The quantitative estimate of drug-likeness (QED) is 0.906. The van der Waals surface area contributed by atoms with Crippen LogP contribution in [0.25, 0.3) is 11.1 Å². The molecule has 1 aliphatic rings. The molecule has 2 aromatic rings. The van der Waals surface area contributed by atoms with Gasteiger partial charge in [0, 0.05) is 32.7 Å². The molecule has 2 N–H and O–H groups in total. The molecule has 2 heterocycles. The summed E-state index contributed by atoms with van der Waals surface area (Å²) >= 11 is 0. The smallest absolute Gasteiger partial charge is 0.410 e. The first-order valence-corrected chi connectivity index (χ1v) is 9.13. The van der Waals surface area contributed by atoms with Crippen molar-refractivity contribution in [3.63, 3.8) is 0 Å². The predicted octanol–water partition coefficient (Wildman–Crippen LogP) is 2.73. The van der Waals surface area contributed by atoms with Gasteiger partial charge in [-0.25, -0.2) is 9.78 Å². The molecule has 7 heteroatoms. The van der Waals surface area contributed by atoms with Crippen molar-refractivity contribution in [2.24, 2.45) is 5.73 Å². The first-order valence-electron chi connectivity index (χ1n) is 9.13. The van der Waals surface area contributed by atoms with E-state index in [-0.39, 0.29) is 6.09 Å². The molecule has 7 nitrogen and oxygen atoms in total. The van der Waals surface area contributed by atoms with Crippen LogP contribution < -0.4 is 5.73 Å². The van der Waals surface area contributed by atoms with Crippen molar-refractivity contribution in [1.82, 2.24) is 14.8 Å². The number of amides is 1. The van der Waals surface area contributed by atoms with E-state index >= 15 is 0 Å². The highest BCUT2D eigenvalue weighted by atomic mass is 16.6. The highest BCUT2D eigenvalue weighted by molar-refractivity contribution is 5.73. The molecule has 1 saturated heterocycles. The molecular formula is C19H28N4O3.